The summed E-state index contributed by atoms with van der Waals surface area (Å²) in [5.74, 6) is 0.300. The van der Waals surface area contributed by atoms with Crippen molar-refractivity contribution in [1.82, 2.24) is 14.8 Å². The molecule has 3 aromatic rings. The first-order valence-corrected chi connectivity index (χ1v) is 8.67. The van der Waals surface area contributed by atoms with E-state index in [4.69, 9.17) is 33.2 Å². The van der Waals surface area contributed by atoms with Crippen LogP contribution in [0.15, 0.2) is 30.6 Å². The van der Waals surface area contributed by atoms with Crippen molar-refractivity contribution in [2.24, 2.45) is 0 Å². The number of nitriles is 1. The summed E-state index contributed by atoms with van der Waals surface area (Å²) >= 11 is 12.5. The van der Waals surface area contributed by atoms with Gasteiger partial charge in [0.25, 0.3) is 0 Å². The molecule has 0 bridgehead atoms. The molecule has 138 valence electrons. The molecule has 0 aliphatic carbocycles. The van der Waals surface area contributed by atoms with Crippen LogP contribution in [0.4, 0.5) is 10.6 Å². The van der Waals surface area contributed by atoms with E-state index < -0.39 is 11.7 Å². The Hall–Kier alpha value is -2.82. The van der Waals surface area contributed by atoms with Crippen molar-refractivity contribution in [2.75, 3.05) is 5.32 Å². The lowest BCUT2D eigenvalue weighted by atomic mass is 10.2. The van der Waals surface area contributed by atoms with Crippen molar-refractivity contribution in [3.8, 4) is 11.8 Å². The second-order valence-corrected chi connectivity index (χ2v) is 7.51. The minimum absolute atomic E-state index is 0.279. The number of nitrogens with zero attached hydrogens (tertiary/aromatic N) is 4. The Bertz CT molecular complexity index is 1060. The third-order valence-electron chi connectivity index (χ3n) is 3.43. The smallest absolute Gasteiger partial charge is 0.413 e. The molecule has 0 radical (unpaired) electrons. The van der Waals surface area contributed by atoms with Gasteiger partial charge in [-0.1, -0.05) is 23.2 Å². The van der Waals surface area contributed by atoms with E-state index in [1.807, 2.05) is 6.07 Å². The van der Waals surface area contributed by atoms with Crippen LogP contribution < -0.4 is 5.32 Å². The molecule has 9 heteroatoms. The van der Waals surface area contributed by atoms with E-state index in [2.05, 4.69) is 15.4 Å². The molecule has 1 amide bonds. The molecule has 7 nitrogen and oxygen atoms in total. The van der Waals surface area contributed by atoms with E-state index in [-0.39, 0.29) is 10.0 Å². The van der Waals surface area contributed by atoms with Gasteiger partial charge in [0.2, 0.25) is 0 Å². The molecule has 0 aliphatic rings. The van der Waals surface area contributed by atoms with Gasteiger partial charge in [0.05, 0.1) is 32.6 Å². The van der Waals surface area contributed by atoms with Crippen LogP contribution in [0.1, 0.15) is 26.3 Å². The Morgan fingerprint density at radius 2 is 1.96 bits per heavy atom. The fourth-order valence-electron chi connectivity index (χ4n) is 2.41. The van der Waals surface area contributed by atoms with Gasteiger partial charge in [-0.05, 0) is 39.0 Å². The van der Waals surface area contributed by atoms with Gasteiger partial charge in [-0.25, -0.2) is 14.5 Å². The number of rotatable bonds is 2. The number of fused-ring (bicyclic) bond motifs is 1. The highest BCUT2D eigenvalue weighted by molar-refractivity contribution is 6.38. The molecule has 2 aromatic heterocycles. The molecular weight excluding hydrogens is 389 g/mol. The largest absolute Gasteiger partial charge is 0.444 e. The van der Waals surface area contributed by atoms with Crippen LogP contribution in [0.5, 0.6) is 0 Å². The highest BCUT2D eigenvalue weighted by Gasteiger charge is 2.19. The average Bonchev–Trinajstić information content (AvgIpc) is 2.96. The lowest BCUT2D eigenvalue weighted by molar-refractivity contribution is 0.0635. The molecule has 2 heterocycles. The number of carbonyl (C=O) groups excluding carboxylic acids is 1. The maximum Gasteiger partial charge on any atom is 0.413 e. The van der Waals surface area contributed by atoms with Crippen LogP contribution in [-0.4, -0.2) is 26.5 Å². The maximum atomic E-state index is 12.1. The molecule has 0 atom stereocenters. The fourth-order valence-corrected chi connectivity index (χ4v) is 3.07. The van der Waals surface area contributed by atoms with Crippen LogP contribution in [0.3, 0.4) is 0 Å². The number of ether oxygens (including phenoxy) is 1. The second kappa shape index (κ2) is 7.06. The third-order valence-corrected chi connectivity index (χ3v) is 4.00. The van der Waals surface area contributed by atoms with Crippen LogP contribution in [0.25, 0.3) is 16.6 Å². The van der Waals surface area contributed by atoms with Crippen molar-refractivity contribution in [2.45, 2.75) is 26.4 Å². The van der Waals surface area contributed by atoms with E-state index in [0.29, 0.717) is 28.0 Å². The lowest BCUT2D eigenvalue weighted by Crippen LogP contribution is -2.27. The summed E-state index contributed by atoms with van der Waals surface area (Å²) in [5.41, 5.74) is 0.717. The van der Waals surface area contributed by atoms with E-state index in [9.17, 15) is 4.79 Å². The number of hydrogen-bond donors (Lipinski definition) is 1. The predicted molar refractivity (Wildman–Crippen MR) is 103 cm³/mol. The minimum atomic E-state index is -0.633. The van der Waals surface area contributed by atoms with E-state index >= 15 is 0 Å². The number of benzene rings is 1. The van der Waals surface area contributed by atoms with Crippen molar-refractivity contribution >= 4 is 46.0 Å². The van der Waals surface area contributed by atoms with E-state index in [0.717, 1.165) is 0 Å². The normalized spacial score (nSPS) is 11.3. The third kappa shape index (κ3) is 4.13. The molecule has 27 heavy (non-hydrogen) atoms. The Morgan fingerprint density at radius 1 is 1.30 bits per heavy atom. The number of hydrogen-bond acceptors (Lipinski definition) is 5. The summed E-state index contributed by atoms with van der Waals surface area (Å²) in [7, 11) is 0. The van der Waals surface area contributed by atoms with Gasteiger partial charge in [0.15, 0.2) is 0 Å². The zero-order valence-electron chi connectivity index (χ0n) is 14.7. The zero-order chi connectivity index (χ0) is 19.8. The number of aromatic nitrogens is 3. The highest BCUT2D eigenvalue weighted by Crippen LogP contribution is 2.32. The van der Waals surface area contributed by atoms with Crippen molar-refractivity contribution in [1.29, 1.82) is 5.26 Å². The molecule has 0 unspecified atom stereocenters. The number of anilines is 1. The van der Waals surface area contributed by atoms with E-state index in [1.165, 1.54) is 23.0 Å². The number of pyridine rings is 1. The van der Waals surface area contributed by atoms with Crippen molar-refractivity contribution in [3.63, 3.8) is 0 Å². The molecule has 0 fully saturated rings. The monoisotopic (exact) mass is 403 g/mol. The van der Waals surface area contributed by atoms with Gasteiger partial charge in [0, 0.05) is 12.4 Å². The Labute approximate surface area is 165 Å². The minimum Gasteiger partial charge on any atom is -0.444 e. The number of halogens is 2. The topological polar surface area (TPSA) is 92.8 Å². The van der Waals surface area contributed by atoms with Crippen molar-refractivity contribution < 1.29 is 9.53 Å². The van der Waals surface area contributed by atoms with Gasteiger partial charge >= 0.3 is 6.09 Å². The molecule has 3 rings (SSSR count). The summed E-state index contributed by atoms with van der Waals surface area (Å²) in [4.78, 5) is 16.2. The zero-order valence-corrected chi connectivity index (χ0v) is 16.3. The summed E-state index contributed by atoms with van der Waals surface area (Å²) in [6, 6.07) is 6.70. The molecule has 0 saturated carbocycles. The summed E-state index contributed by atoms with van der Waals surface area (Å²) < 4.78 is 6.74. The number of carbonyl (C=O) groups is 1. The fraction of sp³-hybridized carbons (Fsp3) is 0.222. The van der Waals surface area contributed by atoms with Crippen LogP contribution >= 0.6 is 23.2 Å². The maximum absolute atomic E-state index is 12.1. The van der Waals surface area contributed by atoms with Crippen LogP contribution in [0.2, 0.25) is 10.0 Å². The van der Waals surface area contributed by atoms with Gasteiger partial charge in [-0.2, -0.15) is 10.4 Å². The van der Waals surface area contributed by atoms with E-state index in [1.54, 1.807) is 33.0 Å². The SMILES string of the molecule is CC(C)(C)OC(=O)Nc1nccc2nn(-c3c(Cl)cc(C#N)cc3Cl)cc12. The number of nitrogens with one attached hydrogen (secondary N) is 1. The lowest BCUT2D eigenvalue weighted by Gasteiger charge is -2.19. The first-order valence-electron chi connectivity index (χ1n) is 7.92. The first-order chi connectivity index (χ1) is 12.7. The quantitative estimate of drug-likeness (QED) is 0.653. The molecule has 0 saturated heterocycles. The van der Waals surface area contributed by atoms with Gasteiger partial charge in [-0.3, -0.25) is 5.32 Å². The predicted octanol–water partition coefficient (Wildman–Crippen LogP) is 4.95. The van der Waals surface area contributed by atoms with Crippen LogP contribution in [0, 0.1) is 11.3 Å². The molecule has 1 aromatic carbocycles. The highest BCUT2D eigenvalue weighted by atomic mass is 35.5. The first kappa shape index (κ1) is 19.0. The Morgan fingerprint density at radius 3 is 2.56 bits per heavy atom. The second-order valence-electron chi connectivity index (χ2n) is 6.69. The molecule has 1 N–H and O–H groups in total. The van der Waals surface area contributed by atoms with Crippen molar-refractivity contribution in [3.05, 3.63) is 46.2 Å². The van der Waals surface area contributed by atoms with Gasteiger partial charge in [0.1, 0.15) is 17.1 Å². The summed E-state index contributed by atoms with van der Waals surface area (Å²) in [6.45, 7) is 5.31. The van der Waals surface area contributed by atoms with Crippen LogP contribution in [-0.2, 0) is 4.74 Å². The van der Waals surface area contributed by atoms with Gasteiger partial charge in [-0.15, -0.1) is 0 Å². The molecular formula is C18H15Cl2N5O2. The van der Waals surface area contributed by atoms with Gasteiger partial charge < -0.3 is 4.74 Å². The Kier molecular flexibility index (Phi) is 4.96. The summed E-state index contributed by atoms with van der Waals surface area (Å²) in [5, 5.41) is 17.2. The average molecular weight is 404 g/mol. The molecule has 0 aliphatic heterocycles. The standard InChI is InChI=1S/C18H15Cl2N5O2/c1-18(2,3)27-17(26)23-16-11-9-25(24-14(11)4-5-22-16)15-12(19)6-10(8-21)7-13(15)20/h4-7,9H,1-3H3,(H,22,23,26). The molecule has 0 spiro atoms. The Balaban J connectivity index is 2.02. The summed E-state index contributed by atoms with van der Waals surface area (Å²) in [6.07, 6.45) is 2.55. The number of amides is 1.